The highest BCUT2D eigenvalue weighted by Crippen LogP contribution is 2.19. The Kier molecular flexibility index (Phi) is 7.04. The van der Waals surface area contributed by atoms with E-state index in [0.29, 0.717) is 0 Å². The molecule has 1 aliphatic rings. The van der Waals surface area contributed by atoms with Crippen molar-refractivity contribution in [3.63, 3.8) is 0 Å². The van der Waals surface area contributed by atoms with Crippen LogP contribution in [-0.2, 0) is 6.54 Å². The van der Waals surface area contributed by atoms with E-state index < -0.39 is 0 Å². The Hall–Kier alpha value is -1.06. The molecule has 0 bridgehead atoms. The Bertz CT molecular complexity index is 408. The smallest absolute Gasteiger partial charge is 0.123 e. The number of ether oxygens (including phenoxy) is 1. The van der Waals surface area contributed by atoms with Crippen LogP contribution in [0.25, 0.3) is 0 Å². The van der Waals surface area contributed by atoms with E-state index in [1.54, 1.807) is 0 Å². The summed E-state index contributed by atoms with van der Waals surface area (Å²) in [6.07, 6.45) is 4.04. The quantitative estimate of drug-likeness (QED) is 0.834. The van der Waals surface area contributed by atoms with Crippen molar-refractivity contribution >= 4 is 0 Å². The second kappa shape index (κ2) is 9.06. The standard InChI is InChI=1S/C18H30N2O/c1-3-19-15-17-8-4-5-9-18(17)21-14-13-20-11-6-7-16(2)10-12-20/h4-5,8-9,16,19H,3,6-7,10-15H2,1-2H3. The Labute approximate surface area is 129 Å². The number of nitrogens with zero attached hydrogens (tertiary/aromatic N) is 1. The highest BCUT2D eigenvalue weighted by molar-refractivity contribution is 5.33. The summed E-state index contributed by atoms with van der Waals surface area (Å²) in [6, 6.07) is 8.36. The first kappa shape index (κ1) is 16.3. The predicted octanol–water partition coefficient (Wildman–Crippen LogP) is 3.30. The molecule has 1 aliphatic heterocycles. The minimum absolute atomic E-state index is 0.789. The van der Waals surface area contributed by atoms with Gasteiger partial charge in [0.05, 0.1) is 0 Å². The third-order valence-electron chi connectivity index (χ3n) is 4.31. The molecule has 1 heterocycles. The number of rotatable bonds is 7. The van der Waals surface area contributed by atoms with Gasteiger partial charge in [-0.3, -0.25) is 4.90 Å². The maximum Gasteiger partial charge on any atom is 0.123 e. The van der Waals surface area contributed by atoms with E-state index >= 15 is 0 Å². The fourth-order valence-electron chi connectivity index (χ4n) is 2.88. The van der Waals surface area contributed by atoms with Gasteiger partial charge in [-0.15, -0.1) is 0 Å². The van der Waals surface area contributed by atoms with Crippen LogP contribution in [-0.4, -0.2) is 37.7 Å². The first-order valence-corrected chi connectivity index (χ1v) is 8.43. The lowest BCUT2D eigenvalue weighted by atomic mass is 10.0. The molecule has 2 rings (SSSR count). The van der Waals surface area contributed by atoms with Crippen LogP contribution in [0.15, 0.2) is 24.3 Å². The zero-order valence-electron chi connectivity index (χ0n) is 13.6. The van der Waals surface area contributed by atoms with Gasteiger partial charge >= 0.3 is 0 Å². The summed E-state index contributed by atoms with van der Waals surface area (Å²) in [5.74, 6) is 1.92. The van der Waals surface area contributed by atoms with Gasteiger partial charge in [0.1, 0.15) is 12.4 Å². The minimum atomic E-state index is 0.789. The van der Waals surface area contributed by atoms with Crippen LogP contribution in [0.5, 0.6) is 5.75 Å². The van der Waals surface area contributed by atoms with Gasteiger partial charge in [-0.25, -0.2) is 0 Å². The Morgan fingerprint density at radius 1 is 1.24 bits per heavy atom. The average molecular weight is 290 g/mol. The van der Waals surface area contributed by atoms with Crippen molar-refractivity contribution in [2.45, 2.75) is 39.7 Å². The zero-order chi connectivity index (χ0) is 14.9. The molecule has 3 nitrogen and oxygen atoms in total. The molecular formula is C18H30N2O. The SMILES string of the molecule is CCNCc1ccccc1OCCN1CCCC(C)CC1. The van der Waals surface area contributed by atoms with Gasteiger partial charge in [-0.2, -0.15) is 0 Å². The lowest BCUT2D eigenvalue weighted by molar-refractivity contribution is 0.211. The summed E-state index contributed by atoms with van der Waals surface area (Å²) in [4.78, 5) is 2.55. The molecule has 21 heavy (non-hydrogen) atoms. The van der Waals surface area contributed by atoms with E-state index in [1.807, 2.05) is 0 Å². The molecule has 1 atom stereocenters. The highest BCUT2D eigenvalue weighted by atomic mass is 16.5. The third-order valence-corrected chi connectivity index (χ3v) is 4.31. The molecule has 1 N–H and O–H groups in total. The van der Waals surface area contributed by atoms with Crippen molar-refractivity contribution in [3.05, 3.63) is 29.8 Å². The van der Waals surface area contributed by atoms with E-state index in [9.17, 15) is 0 Å². The van der Waals surface area contributed by atoms with Crippen molar-refractivity contribution in [2.75, 3.05) is 32.8 Å². The number of hydrogen-bond donors (Lipinski definition) is 1. The topological polar surface area (TPSA) is 24.5 Å². The van der Waals surface area contributed by atoms with Gasteiger partial charge in [0.15, 0.2) is 0 Å². The minimum Gasteiger partial charge on any atom is -0.492 e. The maximum absolute atomic E-state index is 6.02. The average Bonchev–Trinajstić information content (AvgIpc) is 2.71. The van der Waals surface area contributed by atoms with E-state index in [4.69, 9.17) is 4.74 Å². The normalized spacial score (nSPS) is 20.2. The van der Waals surface area contributed by atoms with Gasteiger partial charge < -0.3 is 10.1 Å². The van der Waals surface area contributed by atoms with Crippen molar-refractivity contribution in [2.24, 2.45) is 5.92 Å². The summed E-state index contributed by atoms with van der Waals surface area (Å²) in [5.41, 5.74) is 1.25. The van der Waals surface area contributed by atoms with Crippen LogP contribution >= 0.6 is 0 Å². The van der Waals surface area contributed by atoms with Crippen LogP contribution in [0.2, 0.25) is 0 Å². The predicted molar refractivity (Wildman–Crippen MR) is 88.8 cm³/mol. The first-order valence-electron chi connectivity index (χ1n) is 8.43. The highest BCUT2D eigenvalue weighted by Gasteiger charge is 2.13. The molecule has 0 saturated carbocycles. The van der Waals surface area contributed by atoms with E-state index in [2.05, 4.69) is 48.3 Å². The van der Waals surface area contributed by atoms with Crippen LogP contribution in [0.3, 0.4) is 0 Å². The van der Waals surface area contributed by atoms with Gasteiger partial charge in [-0.05, 0) is 50.9 Å². The van der Waals surface area contributed by atoms with E-state index in [-0.39, 0.29) is 0 Å². The van der Waals surface area contributed by atoms with Gasteiger partial charge in [-0.1, -0.05) is 32.0 Å². The zero-order valence-corrected chi connectivity index (χ0v) is 13.6. The second-order valence-corrected chi connectivity index (χ2v) is 6.11. The Morgan fingerprint density at radius 3 is 2.95 bits per heavy atom. The monoisotopic (exact) mass is 290 g/mol. The Morgan fingerprint density at radius 2 is 2.10 bits per heavy atom. The molecule has 3 heteroatoms. The van der Waals surface area contributed by atoms with Crippen LogP contribution < -0.4 is 10.1 Å². The molecular weight excluding hydrogens is 260 g/mol. The van der Waals surface area contributed by atoms with Gasteiger partial charge in [0.25, 0.3) is 0 Å². The molecule has 118 valence electrons. The summed E-state index contributed by atoms with van der Waals surface area (Å²) in [5, 5.41) is 3.37. The molecule has 1 saturated heterocycles. The number of para-hydroxylation sites is 1. The lowest BCUT2D eigenvalue weighted by Gasteiger charge is -2.20. The van der Waals surface area contributed by atoms with Crippen molar-refractivity contribution in [1.29, 1.82) is 0 Å². The fraction of sp³-hybridized carbons (Fsp3) is 0.667. The van der Waals surface area contributed by atoms with Crippen LogP contribution in [0.1, 0.15) is 38.7 Å². The molecule has 1 aromatic carbocycles. The van der Waals surface area contributed by atoms with E-state index in [0.717, 1.165) is 37.9 Å². The maximum atomic E-state index is 6.02. The fourth-order valence-corrected chi connectivity index (χ4v) is 2.88. The Balaban J connectivity index is 1.77. The number of hydrogen-bond acceptors (Lipinski definition) is 3. The van der Waals surface area contributed by atoms with E-state index in [1.165, 1.54) is 37.9 Å². The molecule has 1 fully saturated rings. The first-order chi connectivity index (χ1) is 10.3. The lowest BCUT2D eigenvalue weighted by Crippen LogP contribution is -2.29. The van der Waals surface area contributed by atoms with Crippen LogP contribution in [0.4, 0.5) is 0 Å². The molecule has 0 radical (unpaired) electrons. The van der Waals surface area contributed by atoms with Gasteiger partial charge in [0, 0.05) is 18.7 Å². The molecule has 1 aromatic rings. The number of benzene rings is 1. The van der Waals surface area contributed by atoms with Crippen molar-refractivity contribution in [3.8, 4) is 5.75 Å². The third kappa shape index (κ3) is 5.68. The summed E-state index contributed by atoms with van der Waals surface area (Å²) >= 11 is 0. The van der Waals surface area contributed by atoms with Crippen LogP contribution in [0, 0.1) is 5.92 Å². The molecule has 0 amide bonds. The molecule has 0 aliphatic carbocycles. The van der Waals surface area contributed by atoms with Crippen molar-refractivity contribution < 1.29 is 4.74 Å². The van der Waals surface area contributed by atoms with Gasteiger partial charge in [0.2, 0.25) is 0 Å². The molecule has 1 unspecified atom stereocenters. The number of nitrogens with one attached hydrogen (secondary N) is 1. The summed E-state index contributed by atoms with van der Waals surface area (Å²) in [6.45, 7) is 10.7. The second-order valence-electron chi connectivity index (χ2n) is 6.11. The molecule has 0 spiro atoms. The summed E-state index contributed by atoms with van der Waals surface area (Å²) in [7, 11) is 0. The summed E-state index contributed by atoms with van der Waals surface area (Å²) < 4.78 is 6.02. The number of likely N-dealkylation sites (tertiary alicyclic amines) is 1. The van der Waals surface area contributed by atoms with Crippen molar-refractivity contribution in [1.82, 2.24) is 10.2 Å². The largest absolute Gasteiger partial charge is 0.492 e. The molecule has 0 aromatic heterocycles.